The molecule has 4 rings (SSSR count). The number of nitrogens with two attached hydrogens (primary N) is 1. The average molecular weight is 429 g/mol. The number of aromatic nitrogens is 3. The Morgan fingerprint density at radius 3 is 2.50 bits per heavy atom. The molecule has 1 aromatic carbocycles. The largest absolute Gasteiger partial charge is 0.464 e. The molecule has 3 aromatic heterocycles. The first-order valence-corrected chi connectivity index (χ1v) is 9.65. The van der Waals surface area contributed by atoms with Gasteiger partial charge in [0.05, 0.1) is 12.7 Å². The summed E-state index contributed by atoms with van der Waals surface area (Å²) in [6.45, 7) is 0.348. The highest BCUT2D eigenvalue weighted by Gasteiger charge is 2.22. The van der Waals surface area contributed by atoms with Crippen LogP contribution < -0.4 is 11.1 Å². The first kappa shape index (κ1) is 20.7. The summed E-state index contributed by atoms with van der Waals surface area (Å²) in [6, 6.07) is 12.3. The number of carbonyl (C=O) groups excluding carboxylic acids is 3. The van der Waals surface area contributed by atoms with Crippen molar-refractivity contribution in [3.8, 4) is 11.1 Å². The standard InChI is InChI=1S/C23H19N5O4/c1-32-23(31)20-19(21(24)29)16-10-14(2-3-17(16)28-20)15-6-9-26-18(11-15)22(30)27-12-13-4-7-25-8-5-13/h2-11,28H,12H2,1H3,(H2,24,29)(H,27,30). The Hall–Kier alpha value is -4.53. The second-order valence-corrected chi connectivity index (χ2v) is 6.96. The third-order valence-electron chi connectivity index (χ3n) is 4.96. The van der Waals surface area contributed by atoms with Gasteiger partial charge in [0.1, 0.15) is 11.4 Å². The topological polar surface area (TPSA) is 140 Å². The molecule has 0 radical (unpaired) electrons. The van der Waals surface area contributed by atoms with Crippen molar-refractivity contribution in [2.75, 3.05) is 7.11 Å². The van der Waals surface area contributed by atoms with Crippen molar-refractivity contribution in [1.29, 1.82) is 0 Å². The fraction of sp³-hybridized carbons (Fsp3) is 0.0870. The summed E-state index contributed by atoms with van der Waals surface area (Å²) in [7, 11) is 1.22. The number of pyridine rings is 2. The van der Waals surface area contributed by atoms with Crippen LogP contribution in [0.1, 0.15) is 36.9 Å². The molecule has 0 fully saturated rings. The quantitative estimate of drug-likeness (QED) is 0.402. The second-order valence-electron chi connectivity index (χ2n) is 6.96. The van der Waals surface area contributed by atoms with Crippen LogP contribution in [-0.2, 0) is 11.3 Å². The Labute approximate surface area is 182 Å². The van der Waals surface area contributed by atoms with Gasteiger partial charge in [0.2, 0.25) is 0 Å². The van der Waals surface area contributed by atoms with E-state index in [1.807, 2.05) is 12.1 Å². The molecule has 3 heterocycles. The molecule has 0 bridgehead atoms. The van der Waals surface area contributed by atoms with Crippen molar-refractivity contribution >= 4 is 28.7 Å². The molecule has 0 aliphatic rings. The van der Waals surface area contributed by atoms with E-state index in [1.54, 1.807) is 42.7 Å². The van der Waals surface area contributed by atoms with Crippen LogP contribution in [-0.4, -0.2) is 39.8 Å². The van der Waals surface area contributed by atoms with Crippen LogP contribution in [0.15, 0.2) is 61.1 Å². The number of ether oxygens (including phenoxy) is 1. The number of H-pyrrole nitrogens is 1. The normalized spacial score (nSPS) is 10.7. The van der Waals surface area contributed by atoms with Gasteiger partial charge in [-0.25, -0.2) is 4.79 Å². The number of carbonyl (C=O) groups is 3. The van der Waals surface area contributed by atoms with Gasteiger partial charge in [-0.1, -0.05) is 6.07 Å². The van der Waals surface area contributed by atoms with E-state index in [1.165, 1.54) is 13.3 Å². The lowest BCUT2D eigenvalue weighted by Gasteiger charge is -2.07. The average Bonchev–Trinajstić information content (AvgIpc) is 3.22. The molecular formula is C23H19N5O4. The number of nitrogens with zero attached hydrogens (tertiary/aromatic N) is 2. The van der Waals surface area contributed by atoms with Crippen molar-refractivity contribution in [3.05, 3.63) is 83.6 Å². The smallest absolute Gasteiger partial charge is 0.355 e. The number of primary amides is 1. The van der Waals surface area contributed by atoms with Crippen LogP contribution in [0.3, 0.4) is 0 Å². The van der Waals surface area contributed by atoms with Gasteiger partial charge < -0.3 is 20.8 Å². The molecule has 4 N–H and O–H groups in total. The van der Waals surface area contributed by atoms with Gasteiger partial charge in [-0.3, -0.25) is 19.6 Å². The molecule has 0 unspecified atom stereocenters. The molecular weight excluding hydrogens is 410 g/mol. The van der Waals surface area contributed by atoms with Gasteiger partial charge in [0.25, 0.3) is 11.8 Å². The van der Waals surface area contributed by atoms with Crippen LogP contribution >= 0.6 is 0 Å². The predicted octanol–water partition coefficient (Wildman–Crippen LogP) is 2.44. The second kappa shape index (κ2) is 8.68. The lowest BCUT2D eigenvalue weighted by atomic mass is 10.0. The lowest BCUT2D eigenvalue weighted by Crippen LogP contribution is -2.23. The zero-order valence-corrected chi connectivity index (χ0v) is 17.1. The van der Waals surface area contributed by atoms with E-state index >= 15 is 0 Å². The number of fused-ring (bicyclic) bond motifs is 1. The van der Waals surface area contributed by atoms with E-state index in [-0.39, 0.29) is 22.9 Å². The number of methoxy groups -OCH3 is 1. The van der Waals surface area contributed by atoms with E-state index in [9.17, 15) is 14.4 Å². The van der Waals surface area contributed by atoms with Crippen LogP contribution in [0.5, 0.6) is 0 Å². The maximum atomic E-state index is 12.6. The number of hydrogen-bond donors (Lipinski definition) is 3. The van der Waals surface area contributed by atoms with Crippen molar-refractivity contribution in [2.45, 2.75) is 6.54 Å². The van der Waals surface area contributed by atoms with Gasteiger partial charge in [0, 0.05) is 36.0 Å². The van der Waals surface area contributed by atoms with E-state index < -0.39 is 11.9 Å². The highest BCUT2D eigenvalue weighted by molar-refractivity contribution is 6.14. The fourth-order valence-electron chi connectivity index (χ4n) is 3.39. The lowest BCUT2D eigenvalue weighted by molar-refractivity contribution is 0.0591. The molecule has 0 aliphatic carbocycles. The Bertz CT molecular complexity index is 1330. The van der Waals surface area contributed by atoms with Gasteiger partial charge in [-0.2, -0.15) is 0 Å². The van der Waals surface area contributed by atoms with Crippen LogP contribution in [0.2, 0.25) is 0 Å². The van der Waals surface area contributed by atoms with Gasteiger partial charge in [0.15, 0.2) is 0 Å². The maximum absolute atomic E-state index is 12.6. The van der Waals surface area contributed by atoms with E-state index in [2.05, 4.69) is 20.3 Å². The number of esters is 1. The summed E-state index contributed by atoms with van der Waals surface area (Å²) in [5.74, 6) is -1.76. The SMILES string of the molecule is COC(=O)c1[nH]c2ccc(-c3ccnc(C(=O)NCc4ccncc4)c3)cc2c1C(N)=O. The molecule has 0 aliphatic heterocycles. The number of hydrogen-bond acceptors (Lipinski definition) is 6. The Balaban J connectivity index is 1.65. The Morgan fingerprint density at radius 1 is 1.03 bits per heavy atom. The maximum Gasteiger partial charge on any atom is 0.355 e. The summed E-state index contributed by atoms with van der Waals surface area (Å²) in [6.07, 6.45) is 4.85. The summed E-state index contributed by atoms with van der Waals surface area (Å²) in [5, 5.41) is 3.31. The third kappa shape index (κ3) is 4.04. The number of benzene rings is 1. The zero-order chi connectivity index (χ0) is 22.7. The van der Waals surface area contributed by atoms with Crippen molar-refractivity contribution < 1.29 is 19.1 Å². The summed E-state index contributed by atoms with van der Waals surface area (Å²) >= 11 is 0. The highest BCUT2D eigenvalue weighted by atomic mass is 16.5. The minimum Gasteiger partial charge on any atom is -0.464 e. The molecule has 0 atom stereocenters. The number of rotatable bonds is 6. The van der Waals surface area contributed by atoms with Crippen molar-refractivity contribution in [3.63, 3.8) is 0 Å². The van der Waals surface area contributed by atoms with Crippen molar-refractivity contribution in [1.82, 2.24) is 20.3 Å². The van der Waals surface area contributed by atoms with Crippen LogP contribution in [0, 0.1) is 0 Å². The predicted molar refractivity (Wildman–Crippen MR) is 117 cm³/mol. The van der Waals surface area contributed by atoms with Crippen molar-refractivity contribution in [2.24, 2.45) is 5.73 Å². The molecule has 4 aromatic rings. The van der Waals surface area contributed by atoms with E-state index in [0.29, 0.717) is 23.0 Å². The van der Waals surface area contributed by atoms with Crippen LogP contribution in [0.4, 0.5) is 0 Å². The fourth-order valence-corrected chi connectivity index (χ4v) is 3.39. The highest BCUT2D eigenvalue weighted by Crippen LogP contribution is 2.29. The van der Waals surface area contributed by atoms with Gasteiger partial charge >= 0.3 is 5.97 Å². The van der Waals surface area contributed by atoms with E-state index in [0.717, 1.165) is 11.1 Å². The molecule has 2 amide bonds. The minimum absolute atomic E-state index is 0.00180. The zero-order valence-electron chi connectivity index (χ0n) is 17.1. The summed E-state index contributed by atoms with van der Waals surface area (Å²) in [5.41, 5.74) is 8.74. The minimum atomic E-state index is -0.750. The van der Waals surface area contributed by atoms with Crippen LogP contribution in [0.25, 0.3) is 22.0 Å². The third-order valence-corrected chi connectivity index (χ3v) is 4.96. The Morgan fingerprint density at radius 2 is 1.78 bits per heavy atom. The van der Waals surface area contributed by atoms with E-state index in [4.69, 9.17) is 10.5 Å². The molecule has 32 heavy (non-hydrogen) atoms. The number of nitrogens with one attached hydrogen (secondary N) is 2. The monoisotopic (exact) mass is 429 g/mol. The molecule has 160 valence electrons. The first-order chi connectivity index (χ1) is 15.5. The molecule has 0 spiro atoms. The molecule has 9 nitrogen and oxygen atoms in total. The number of amides is 2. The summed E-state index contributed by atoms with van der Waals surface area (Å²) < 4.78 is 4.73. The molecule has 9 heteroatoms. The molecule has 0 saturated carbocycles. The van der Waals surface area contributed by atoms with Gasteiger partial charge in [-0.05, 0) is 53.1 Å². The number of aromatic amines is 1. The molecule has 0 saturated heterocycles. The Kier molecular flexibility index (Phi) is 5.63. The first-order valence-electron chi connectivity index (χ1n) is 9.65. The summed E-state index contributed by atoms with van der Waals surface area (Å²) in [4.78, 5) is 47.6. The van der Waals surface area contributed by atoms with Gasteiger partial charge in [-0.15, -0.1) is 0 Å².